The minimum Gasteiger partial charge on any atom is -0.438 e. The fourth-order valence-electron chi connectivity index (χ4n) is 5.64. The summed E-state index contributed by atoms with van der Waals surface area (Å²) in [7, 11) is 0. The predicted octanol–water partition coefficient (Wildman–Crippen LogP) is 6.26. The van der Waals surface area contributed by atoms with Crippen LogP contribution in [0.4, 0.5) is 4.79 Å². The van der Waals surface area contributed by atoms with Crippen molar-refractivity contribution >= 4 is 12.0 Å². The molecule has 37 heavy (non-hydrogen) atoms. The van der Waals surface area contributed by atoms with Crippen LogP contribution in [0.15, 0.2) is 72.9 Å². The Morgan fingerprint density at radius 2 is 1.78 bits per heavy atom. The number of amides is 2. The Morgan fingerprint density at radius 1 is 1.00 bits per heavy atom. The number of pyridine rings is 1. The van der Waals surface area contributed by atoms with Gasteiger partial charge in [-0.1, -0.05) is 54.6 Å². The summed E-state index contributed by atoms with van der Waals surface area (Å²) in [6.07, 6.45) is 5.35. The second-order valence-electron chi connectivity index (χ2n) is 10.2. The first kappa shape index (κ1) is 25.0. The van der Waals surface area contributed by atoms with Crippen LogP contribution in [0.3, 0.4) is 0 Å². The van der Waals surface area contributed by atoms with Gasteiger partial charge >= 0.3 is 6.09 Å². The van der Waals surface area contributed by atoms with Gasteiger partial charge in [0, 0.05) is 44.4 Å². The minimum atomic E-state index is -0.666. The highest BCUT2D eigenvalue weighted by atomic mass is 16.6. The van der Waals surface area contributed by atoms with Crippen molar-refractivity contribution < 1.29 is 14.3 Å². The van der Waals surface area contributed by atoms with Crippen LogP contribution < -0.4 is 0 Å². The van der Waals surface area contributed by atoms with E-state index in [2.05, 4.69) is 42.2 Å². The van der Waals surface area contributed by atoms with Crippen molar-refractivity contribution in [2.75, 3.05) is 19.6 Å². The number of hydrogen-bond acceptors (Lipinski definition) is 4. The Labute approximate surface area is 219 Å². The van der Waals surface area contributed by atoms with E-state index >= 15 is 0 Å². The number of hydrogen-bond donors (Lipinski definition) is 0. The molecule has 0 spiro atoms. The van der Waals surface area contributed by atoms with Crippen LogP contribution >= 0.6 is 0 Å². The number of carbonyl (C=O) groups is 2. The third kappa shape index (κ3) is 5.38. The first-order chi connectivity index (χ1) is 17.9. The van der Waals surface area contributed by atoms with E-state index in [4.69, 9.17) is 4.74 Å². The topological polar surface area (TPSA) is 62.7 Å². The lowest BCUT2D eigenvalue weighted by Gasteiger charge is -2.44. The van der Waals surface area contributed by atoms with Crippen LogP contribution in [-0.4, -0.2) is 46.4 Å². The summed E-state index contributed by atoms with van der Waals surface area (Å²) in [5, 5.41) is 0. The molecule has 0 bridgehead atoms. The van der Waals surface area contributed by atoms with Gasteiger partial charge in [0.15, 0.2) is 0 Å². The molecule has 5 rings (SSSR count). The van der Waals surface area contributed by atoms with Gasteiger partial charge in [-0.2, -0.15) is 0 Å². The molecule has 2 aromatic carbocycles. The Kier molecular flexibility index (Phi) is 7.26. The minimum absolute atomic E-state index is 0.100. The van der Waals surface area contributed by atoms with Crippen LogP contribution in [-0.2, 0) is 15.1 Å². The molecule has 1 aromatic heterocycles. The summed E-state index contributed by atoms with van der Waals surface area (Å²) >= 11 is 0. The molecular formula is C31H35N3O3. The van der Waals surface area contributed by atoms with E-state index in [-0.39, 0.29) is 18.0 Å². The van der Waals surface area contributed by atoms with Crippen molar-refractivity contribution in [2.24, 2.45) is 0 Å². The van der Waals surface area contributed by atoms with E-state index in [1.54, 1.807) is 0 Å². The number of aryl methyl sites for hydroxylation is 1. The number of aromatic nitrogens is 1. The number of cyclic esters (lactones) is 1. The van der Waals surface area contributed by atoms with Gasteiger partial charge in [-0.05, 0) is 67.5 Å². The number of nitrogens with zero attached hydrogens (tertiary/aromatic N) is 3. The lowest BCUT2D eigenvalue weighted by atomic mass is 9.84. The van der Waals surface area contributed by atoms with E-state index in [0.29, 0.717) is 25.9 Å². The predicted molar refractivity (Wildman–Crippen MR) is 144 cm³/mol. The normalized spacial score (nSPS) is 20.7. The molecule has 3 aromatic rings. The van der Waals surface area contributed by atoms with Crippen LogP contribution in [0.25, 0.3) is 11.1 Å². The summed E-state index contributed by atoms with van der Waals surface area (Å²) in [4.78, 5) is 33.5. The fourth-order valence-corrected chi connectivity index (χ4v) is 5.64. The van der Waals surface area contributed by atoms with Gasteiger partial charge in [-0.3, -0.25) is 9.78 Å². The zero-order valence-electron chi connectivity index (χ0n) is 21.7. The summed E-state index contributed by atoms with van der Waals surface area (Å²) in [5.74, 6) is 0.236. The maximum Gasteiger partial charge on any atom is 0.411 e. The van der Waals surface area contributed by atoms with Gasteiger partial charge in [0.1, 0.15) is 5.60 Å². The smallest absolute Gasteiger partial charge is 0.411 e. The standard InChI is InChI=1S/C31H35N3O3/c1-23-22-27(15-18-32-23)26-13-11-25(12-14-26)24(2)34-21-17-31(37-30(34)36,28-8-4-3-5-9-28)16-7-20-33-19-6-10-29(33)35/h3-5,8-9,11-15,18,22,24H,6-7,10,16-17,19-21H2,1-2H3/t24-,31?/m0/s1. The quantitative estimate of drug-likeness (QED) is 0.369. The summed E-state index contributed by atoms with van der Waals surface area (Å²) < 4.78 is 6.29. The molecule has 6 heteroatoms. The fraction of sp³-hybridized carbons (Fsp3) is 0.387. The number of ether oxygens (including phenoxy) is 1. The highest BCUT2D eigenvalue weighted by Crippen LogP contribution is 2.40. The van der Waals surface area contributed by atoms with Gasteiger partial charge in [0.25, 0.3) is 0 Å². The van der Waals surface area contributed by atoms with E-state index in [1.165, 1.54) is 0 Å². The molecule has 2 atom stereocenters. The third-order valence-corrected chi connectivity index (χ3v) is 7.84. The molecule has 0 aliphatic carbocycles. The van der Waals surface area contributed by atoms with E-state index in [9.17, 15) is 9.59 Å². The average molecular weight is 498 g/mol. The van der Waals surface area contributed by atoms with Crippen molar-refractivity contribution in [3.63, 3.8) is 0 Å². The molecule has 0 radical (unpaired) electrons. The van der Waals surface area contributed by atoms with Gasteiger partial charge in [0.2, 0.25) is 5.91 Å². The molecule has 6 nitrogen and oxygen atoms in total. The molecule has 2 amide bonds. The van der Waals surface area contributed by atoms with Crippen molar-refractivity contribution in [2.45, 2.75) is 57.6 Å². The van der Waals surface area contributed by atoms with Gasteiger partial charge in [0.05, 0.1) is 6.04 Å². The maximum atomic E-state index is 13.4. The number of benzene rings is 2. The Hall–Kier alpha value is -3.67. The van der Waals surface area contributed by atoms with Crippen LogP contribution in [0, 0.1) is 6.92 Å². The van der Waals surface area contributed by atoms with Crippen LogP contribution in [0.2, 0.25) is 0 Å². The second-order valence-corrected chi connectivity index (χ2v) is 10.2. The molecule has 2 aliphatic heterocycles. The molecule has 2 aliphatic rings. The molecule has 2 fully saturated rings. The number of carbonyl (C=O) groups excluding carboxylic acids is 2. The molecule has 0 N–H and O–H groups in total. The van der Waals surface area contributed by atoms with E-state index in [0.717, 1.165) is 53.8 Å². The largest absolute Gasteiger partial charge is 0.438 e. The van der Waals surface area contributed by atoms with Crippen LogP contribution in [0.5, 0.6) is 0 Å². The lowest BCUT2D eigenvalue weighted by Crippen LogP contribution is -2.49. The Balaban J connectivity index is 1.29. The SMILES string of the molecule is Cc1cc(-c2ccc([C@H](C)N3CCC(CCCN4CCCC4=O)(c4ccccc4)OC3=O)cc2)ccn1. The summed E-state index contributed by atoms with van der Waals surface area (Å²) in [6.45, 7) is 6.21. The second kappa shape index (κ2) is 10.8. The highest BCUT2D eigenvalue weighted by Gasteiger charge is 2.43. The molecule has 2 saturated heterocycles. The van der Waals surface area contributed by atoms with Crippen molar-refractivity contribution in [3.8, 4) is 11.1 Å². The van der Waals surface area contributed by atoms with Crippen molar-refractivity contribution in [1.29, 1.82) is 0 Å². The van der Waals surface area contributed by atoms with Crippen molar-refractivity contribution in [1.82, 2.24) is 14.8 Å². The number of likely N-dealkylation sites (tertiary alicyclic amines) is 1. The number of rotatable bonds is 8. The van der Waals surface area contributed by atoms with E-state index in [1.807, 2.05) is 59.3 Å². The summed E-state index contributed by atoms with van der Waals surface area (Å²) in [5.41, 5.74) is 4.68. The Morgan fingerprint density at radius 3 is 2.46 bits per heavy atom. The molecular weight excluding hydrogens is 462 g/mol. The molecule has 3 heterocycles. The van der Waals surface area contributed by atoms with Crippen molar-refractivity contribution in [3.05, 3.63) is 89.7 Å². The van der Waals surface area contributed by atoms with Gasteiger partial charge in [-0.15, -0.1) is 0 Å². The average Bonchev–Trinajstić information content (AvgIpc) is 3.33. The molecule has 192 valence electrons. The van der Waals surface area contributed by atoms with Gasteiger partial charge < -0.3 is 14.5 Å². The van der Waals surface area contributed by atoms with Gasteiger partial charge in [-0.25, -0.2) is 4.79 Å². The van der Waals surface area contributed by atoms with Crippen LogP contribution in [0.1, 0.15) is 61.9 Å². The highest BCUT2D eigenvalue weighted by molar-refractivity contribution is 5.78. The summed E-state index contributed by atoms with van der Waals surface area (Å²) in [6, 6.07) is 22.4. The first-order valence-corrected chi connectivity index (χ1v) is 13.3. The zero-order valence-corrected chi connectivity index (χ0v) is 21.7. The Bertz CT molecular complexity index is 1240. The first-order valence-electron chi connectivity index (χ1n) is 13.3. The molecule has 1 unspecified atom stereocenters. The molecule has 0 saturated carbocycles. The maximum absolute atomic E-state index is 13.4. The lowest BCUT2D eigenvalue weighted by molar-refractivity contribution is -0.128. The monoisotopic (exact) mass is 497 g/mol. The zero-order chi connectivity index (χ0) is 25.8. The van der Waals surface area contributed by atoms with E-state index < -0.39 is 5.60 Å². The third-order valence-electron chi connectivity index (χ3n) is 7.84.